The van der Waals surface area contributed by atoms with E-state index >= 15 is 0 Å². The van der Waals surface area contributed by atoms with Crippen LogP contribution in [0.2, 0.25) is 5.02 Å². The maximum Gasteiger partial charge on any atom is 0.198 e. The summed E-state index contributed by atoms with van der Waals surface area (Å²) < 4.78 is 27.8. The van der Waals surface area contributed by atoms with Gasteiger partial charge in [0.2, 0.25) is 0 Å². The first-order valence-corrected chi connectivity index (χ1v) is 8.92. The third-order valence-electron chi connectivity index (χ3n) is 3.49. The molecule has 1 atom stereocenters. The van der Waals surface area contributed by atoms with Gasteiger partial charge < -0.3 is 9.08 Å². The third-order valence-corrected chi connectivity index (χ3v) is 5.34. The number of ketones is 1. The minimum absolute atomic E-state index is 0.222. The molecule has 0 amide bonds. The normalized spacial score (nSPS) is 15.8. The first-order chi connectivity index (χ1) is 10.5. The van der Waals surface area contributed by atoms with Crippen molar-refractivity contribution < 1.29 is 18.1 Å². The molecule has 8 heteroatoms. The number of benzene rings is 1. The molecule has 1 aliphatic carbocycles. The summed E-state index contributed by atoms with van der Waals surface area (Å²) >= 11 is 7.03. The Labute approximate surface area is 142 Å². The fourth-order valence-electron chi connectivity index (χ4n) is 2.27. The fraction of sp³-hybridized carbons (Fsp3) is 0.286. The van der Waals surface area contributed by atoms with Gasteiger partial charge in [-0.1, -0.05) is 27.8 Å². The molecule has 1 unspecified atom stereocenters. The fourth-order valence-corrected chi connectivity index (χ4v) is 3.49. The van der Waals surface area contributed by atoms with E-state index in [9.17, 15) is 13.6 Å². The SMILES string of the molecule is O=C(c1cnoc1C1CC1)c1ccc(Br)c(Cl)c1CS(=O)[O-]. The van der Waals surface area contributed by atoms with Crippen molar-refractivity contribution in [3.8, 4) is 0 Å². The van der Waals surface area contributed by atoms with E-state index in [1.54, 1.807) is 12.1 Å². The molecule has 1 aromatic heterocycles. The highest BCUT2D eigenvalue weighted by Crippen LogP contribution is 2.42. The summed E-state index contributed by atoms with van der Waals surface area (Å²) in [5.41, 5.74) is 0.902. The van der Waals surface area contributed by atoms with Crippen molar-refractivity contribution in [3.63, 3.8) is 0 Å². The van der Waals surface area contributed by atoms with Gasteiger partial charge in [-0.2, -0.15) is 0 Å². The lowest BCUT2D eigenvalue weighted by molar-refractivity contribution is 0.103. The molecule has 0 saturated heterocycles. The zero-order valence-corrected chi connectivity index (χ0v) is 14.3. The number of nitrogens with zero attached hydrogens (tertiary/aromatic N) is 1. The van der Waals surface area contributed by atoms with Crippen molar-refractivity contribution in [1.82, 2.24) is 5.16 Å². The lowest BCUT2D eigenvalue weighted by atomic mass is 9.98. The molecule has 1 heterocycles. The number of hydrogen-bond donors (Lipinski definition) is 0. The quantitative estimate of drug-likeness (QED) is 0.563. The first kappa shape index (κ1) is 15.9. The van der Waals surface area contributed by atoms with E-state index in [-0.39, 0.29) is 33.6 Å². The summed E-state index contributed by atoms with van der Waals surface area (Å²) in [6, 6.07) is 3.18. The summed E-state index contributed by atoms with van der Waals surface area (Å²) in [5, 5.41) is 3.92. The molecule has 0 N–H and O–H groups in total. The van der Waals surface area contributed by atoms with Crippen LogP contribution in [0.3, 0.4) is 0 Å². The number of hydrogen-bond acceptors (Lipinski definition) is 5. The maximum absolute atomic E-state index is 12.8. The van der Waals surface area contributed by atoms with Gasteiger partial charge in [0.05, 0.1) is 16.8 Å². The highest BCUT2D eigenvalue weighted by molar-refractivity contribution is 9.10. The Balaban J connectivity index is 2.06. The van der Waals surface area contributed by atoms with E-state index in [0.717, 1.165) is 12.8 Å². The second-order valence-corrected chi connectivity index (χ2v) is 7.17. The van der Waals surface area contributed by atoms with Crippen LogP contribution in [0.25, 0.3) is 0 Å². The monoisotopic (exact) mass is 402 g/mol. The lowest BCUT2D eigenvalue weighted by Crippen LogP contribution is -2.09. The third kappa shape index (κ3) is 3.03. The van der Waals surface area contributed by atoms with Crippen LogP contribution < -0.4 is 0 Å². The summed E-state index contributed by atoms with van der Waals surface area (Å²) in [4.78, 5) is 12.8. The van der Waals surface area contributed by atoms with E-state index in [4.69, 9.17) is 16.1 Å². The molecule has 0 bridgehead atoms. The second-order valence-electron chi connectivity index (χ2n) is 5.04. The van der Waals surface area contributed by atoms with Gasteiger partial charge in [-0.25, -0.2) is 0 Å². The van der Waals surface area contributed by atoms with Crippen LogP contribution in [0.4, 0.5) is 0 Å². The molecular weight excluding hydrogens is 394 g/mol. The summed E-state index contributed by atoms with van der Waals surface area (Å²) in [6.45, 7) is 0. The van der Waals surface area contributed by atoms with E-state index < -0.39 is 11.1 Å². The Morgan fingerprint density at radius 2 is 2.18 bits per heavy atom. The summed E-state index contributed by atoms with van der Waals surface area (Å²) in [5.74, 6) is 0.143. The Morgan fingerprint density at radius 1 is 1.45 bits per heavy atom. The average molecular weight is 404 g/mol. The van der Waals surface area contributed by atoms with Gasteiger partial charge in [-0.05, 0) is 46.5 Å². The van der Waals surface area contributed by atoms with Crippen LogP contribution in [0, 0.1) is 0 Å². The second kappa shape index (κ2) is 6.23. The molecule has 5 nitrogen and oxygen atoms in total. The molecule has 116 valence electrons. The van der Waals surface area contributed by atoms with Gasteiger partial charge in [-0.3, -0.25) is 9.00 Å². The minimum Gasteiger partial charge on any atom is -0.772 e. The van der Waals surface area contributed by atoms with Crippen molar-refractivity contribution in [2.24, 2.45) is 0 Å². The highest BCUT2D eigenvalue weighted by Gasteiger charge is 2.33. The lowest BCUT2D eigenvalue weighted by Gasteiger charge is -2.13. The minimum atomic E-state index is -2.36. The Morgan fingerprint density at radius 3 is 2.82 bits per heavy atom. The van der Waals surface area contributed by atoms with Crippen molar-refractivity contribution in [1.29, 1.82) is 0 Å². The molecule has 0 aliphatic heterocycles. The van der Waals surface area contributed by atoms with Gasteiger partial charge in [0, 0.05) is 21.7 Å². The van der Waals surface area contributed by atoms with E-state index in [2.05, 4.69) is 21.1 Å². The molecule has 1 fully saturated rings. The standard InChI is InChI=1S/C14H11BrClNO4S/c15-11-4-3-8(10(12(11)16)6-22(19)20)13(18)9-5-17-21-14(9)7-1-2-7/h3-5,7H,1-2,6H2,(H,19,20)/p-1. The first-order valence-electron chi connectivity index (χ1n) is 6.51. The number of rotatable bonds is 5. The van der Waals surface area contributed by atoms with Crippen LogP contribution >= 0.6 is 27.5 Å². The molecule has 0 spiro atoms. The molecule has 0 radical (unpaired) electrons. The summed E-state index contributed by atoms with van der Waals surface area (Å²) in [6.07, 6.45) is 3.31. The van der Waals surface area contributed by atoms with Crippen LogP contribution in [-0.4, -0.2) is 19.7 Å². The molecule has 2 aromatic rings. The van der Waals surface area contributed by atoms with Crippen molar-refractivity contribution in [2.45, 2.75) is 24.5 Å². The molecular formula is C14H10BrClNO4S-. The van der Waals surface area contributed by atoms with E-state index in [1.807, 2.05) is 0 Å². The van der Waals surface area contributed by atoms with Crippen LogP contribution in [0.1, 0.15) is 46.0 Å². The zero-order valence-electron chi connectivity index (χ0n) is 11.2. The molecule has 1 aliphatic rings. The predicted octanol–water partition coefficient (Wildman–Crippen LogP) is 3.58. The topological polar surface area (TPSA) is 83.2 Å². The van der Waals surface area contributed by atoms with Gasteiger partial charge in [0.15, 0.2) is 11.5 Å². The average Bonchev–Trinajstić information content (AvgIpc) is 3.20. The Kier molecular flexibility index (Phi) is 4.49. The van der Waals surface area contributed by atoms with Crippen molar-refractivity contribution >= 4 is 44.4 Å². The predicted molar refractivity (Wildman–Crippen MR) is 83.7 cm³/mol. The van der Waals surface area contributed by atoms with Crippen molar-refractivity contribution in [2.75, 3.05) is 0 Å². The maximum atomic E-state index is 12.8. The number of aromatic nitrogens is 1. The molecule has 1 saturated carbocycles. The van der Waals surface area contributed by atoms with E-state index in [0.29, 0.717) is 15.8 Å². The largest absolute Gasteiger partial charge is 0.772 e. The zero-order chi connectivity index (χ0) is 15.9. The van der Waals surface area contributed by atoms with Gasteiger partial charge in [-0.15, -0.1) is 0 Å². The van der Waals surface area contributed by atoms with Crippen LogP contribution in [0.5, 0.6) is 0 Å². The van der Waals surface area contributed by atoms with Crippen LogP contribution in [-0.2, 0) is 16.8 Å². The van der Waals surface area contributed by atoms with Gasteiger partial charge in [0.1, 0.15) is 0 Å². The van der Waals surface area contributed by atoms with E-state index in [1.165, 1.54) is 6.20 Å². The van der Waals surface area contributed by atoms with Crippen LogP contribution in [0.15, 0.2) is 27.3 Å². The van der Waals surface area contributed by atoms with Gasteiger partial charge in [0.25, 0.3) is 0 Å². The highest BCUT2D eigenvalue weighted by atomic mass is 79.9. The van der Waals surface area contributed by atoms with Crippen molar-refractivity contribution in [3.05, 3.63) is 50.3 Å². The molecule has 22 heavy (non-hydrogen) atoms. The molecule has 1 aromatic carbocycles. The Bertz CT molecular complexity index is 772. The number of carbonyl (C=O) groups excluding carboxylic acids is 1. The summed E-state index contributed by atoms with van der Waals surface area (Å²) in [7, 11) is 0. The van der Waals surface area contributed by atoms with Gasteiger partial charge >= 0.3 is 0 Å². The number of carbonyl (C=O) groups is 1. The number of halogens is 2. The Hall–Kier alpha value is -1.02. The smallest absolute Gasteiger partial charge is 0.198 e. The molecule has 3 rings (SSSR count).